The molecule has 214 valence electrons. The van der Waals surface area contributed by atoms with E-state index in [1.165, 1.54) is 93.1 Å². The van der Waals surface area contributed by atoms with Crippen molar-refractivity contribution in [3.05, 3.63) is 164 Å². The van der Waals surface area contributed by atoms with Gasteiger partial charge in [-0.1, -0.05) is 115 Å². The van der Waals surface area contributed by atoms with Gasteiger partial charge in [0.2, 0.25) is 0 Å². The fraction of sp³-hybridized carbons (Fsp3) is 0. The molecular weight excluding hydrogens is 556 g/mol. The van der Waals surface area contributed by atoms with Crippen LogP contribution in [0.1, 0.15) is 0 Å². The molecule has 10 aromatic rings. The molecule has 0 amide bonds. The predicted octanol–water partition coefficient (Wildman–Crippen LogP) is 12.1. The number of rotatable bonds is 3. The Morgan fingerprint density at radius 3 is 1.74 bits per heavy atom. The van der Waals surface area contributed by atoms with Crippen LogP contribution in [0.15, 0.2) is 164 Å². The van der Waals surface area contributed by atoms with Crippen LogP contribution in [0, 0.1) is 0 Å². The quantitative estimate of drug-likeness (QED) is 0.213. The van der Waals surface area contributed by atoms with Gasteiger partial charge in [0.15, 0.2) is 0 Å². The summed E-state index contributed by atoms with van der Waals surface area (Å²) in [6, 6.07) is 59.7. The molecule has 2 nitrogen and oxygen atoms in total. The molecule has 0 aliphatic rings. The van der Waals surface area contributed by atoms with Gasteiger partial charge in [-0.05, 0) is 92.3 Å². The van der Waals surface area contributed by atoms with Crippen molar-refractivity contribution >= 4 is 65.2 Å². The van der Waals surface area contributed by atoms with E-state index in [9.17, 15) is 0 Å². The average Bonchev–Trinajstić information content (AvgIpc) is 3.67. The van der Waals surface area contributed by atoms with Crippen LogP contribution in [0.4, 0.5) is 0 Å². The van der Waals surface area contributed by atoms with Gasteiger partial charge in [-0.3, -0.25) is 0 Å². The number of aromatic amines is 1. The summed E-state index contributed by atoms with van der Waals surface area (Å²) in [5.74, 6) is 0. The topological polar surface area (TPSA) is 20.7 Å². The highest BCUT2D eigenvalue weighted by Crippen LogP contribution is 2.41. The molecule has 0 saturated heterocycles. The van der Waals surface area contributed by atoms with Crippen molar-refractivity contribution in [3.63, 3.8) is 0 Å². The zero-order chi connectivity index (χ0) is 30.2. The van der Waals surface area contributed by atoms with Crippen LogP contribution in [0.3, 0.4) is 0 Å². The maximum Gasteiger partial charge on any atom is 0.0541 e. The summed E-state index contributed by atoms with van der Waals surface area (Å²) in [6.07, 6.45) is 0. The lowest BCUT2D eigenvalue weighted by atomic mass is 9.91. The Kier molecular flexibility index (Phi) is 5.31. The van der Waals surface area contributed by atoms with Crippen molar-refractivity contribution < 1.29 is 0 Å². The van der Waals surface area contributed by atoms with Gasteiger partial charge in [0.05, 0.1) is 11.0 Å². The Labute approximate surface area is 265 Å². The molecule has 0 spiro atoms. The molecule has 0 saturated carbocycles. The highest BCUT2D eigenvalue weighted by Gasteiger charge is 2.16. The van der Waals surface area contributed by atoms with Crippen LogP contribution < -0.4 is 0 Å². The van der Waals surface area contributed by atoms with E-state index in [1.807, 2.05) is 0 Å². The number of H-pyrrole nitrogens is 1. The van der Waals surface area contributed by atoms with Crippen molar-refractivity contribution in [2.45, 2.75) is 0 Å². The van der Waals surface area contributed by atoms with Crippen molar-refractivity contribution in [3.8, 4) is 27.9 Å². The minimum Gasteiger partial charge on any atom is -0.354 e. The molecule has 0 aliphatic carbocycles. The van der Waals surface area contributed by atoms with E-state index in [1.54, 1.807) is 0 Å². The van der Waals surface area contributed by atoms with Gasteiger partial charge >= 0.3 is 0 Å². The third kappa shape index (κ3) is 3.65. The van der Waals surface area contributed by atoms with Crippen molar-refractivity contribution in [2.75, 3.05) is 0 Å². The number of hydrogen-bond acceptors (Lipinski definition) is 0. The summed E-state index contributed by atoms with van der Waals surface area (Å²) < 4.78 is 2.37. The van der Waals surface area contributed by atoms with E-state index in [0.717, 1.165) is 0 Å². The summed E-state index contributed by atoms with van der Waals surface area (Å²) in [5.41, 5.74) is 10.9. The summed E-state index contributed by atoms with van der Waals surface area (Å²) in [6.45, 7) is 0. The monoisotopic (exact) mass is 584 g/mol. The molecule has 0 bridgehead atoms. The van der Waals surface area contributed by atoms with E-state index in [-0.39, 0.29) is 0 Å². The van der Waals surface area contributed by atoms with Gasteiger partial charge in [0.1, 0.15) is 0 Å². The number of fused-ring (bicyclic) bond motifs is 9. The maximum absolute atomic E-state index is 3.65. The third-order valence-electron chi connectivity index (χ3n) is 9.72. The minimum atomic E-state index is 1.17. The molecular formula is C44H28N2. The second-order valence-electron chi connectivity index (χ2n) is 12.2. The number of nitrogens with one attached hydrogen (secondary N) is 1. The summed E-state index contributed by atoms with van der Waals surface area (Å²) in [7, 11) is 0. The zero-order valence-electron chi connectivity index (χ0n) is 25.0. The number of hydrogen-bond donors (Lipinski definition) is 1. The standard InChI is InChI=1S/C44H28N2/c1-2-11-31(12-3-1)46-42-17-9-8-16-37(42)38-26-30(20-25-43(38)46)33-22-21-32(35-14-6-7-15-36(33)35)29-19-23-40-39(27-29)44-34-13-5-4-10-28(34)18-24-41(44)45-40/h1-27,45H. The predicted molar refractivity (Wildman–Crippen MR) is 196 cm³/mol. The minimum absolute atomic E-state index is 1.17. The molecule has 0 fully saturated rings. The summed E-state index contributed by atoms with van der Waals surface area (Å²) in [5, 5.41) is 10.2. The molecule has 0 atom stereocenters. The average molecular weight is 585 g/mol. The molecule has 1 N–H and O–H groups in total. The molecule has 2 heterocycles. The first-order valence-corrected chi connectivity index (χ1v) is 15.9. The lowest BCUT2D eigenvalue weighted by Crippen LogP contribution is -1.93. The van der Waals surface area contributed by atoms with Crippen LogP contribution in [0.5, 0.6) is 0 Å². The molecule has 0 radical (unpaired) electrons. The first kappa shape index (κ1) is 25.2. The second kappa shape index (κ2) is 9.69. The molecule has 2 heteroatoms. The molecule has 0 unspecified atom stereocenters. The van der Waals surface area contributed by atoms with E-state index in [0.29, 0.717) is 0 Å². The normalized spacial score (nSPS) is 11.9. The number of aromatic nitrogens is 2. The molecule has 46 heavy (non-hydrogen) atoms. The van der Waals surface area contributed by atoms with Gasteiger partial charge in [-0.25, -0.2) is 0 Å². The second-order valence-corrected chi connectivity index (χ2v) is 12.2. The van der Waals surface area contributed by atoms with Crippen molar-refractivity contribution in [2.24, 2.45) is 0 Å². The Bertz CT molecular complexity index is 2800. The summed E-state index contributed by atoms with van der Waals surface area (Å²) >= 11 is 0. The lowest BCUT2D eigenvalue weighted by Gasteiger charge is -2.13. The van der Waals surface area contributed by atoms with Gasteiger partial charge in [0.25, 0.3) is 0 Å². The molecule has 10 rings (SSSR count). The van der Waals surface area contributed by atoms with Crippen molar-refractivity contribution in [1.82, 2.24) is 9.55 Å². The van der Waals surface area contributed by atoms with Gasteiger partial charge < -0.3 is 9.55 Å². The van der Waals surface area contributed by atoms with Gasteiger partial charge in [-0.15, -0.1) is 0 Å². The Balaban J connectivity index is 1.17. The fourth-order valence-electron chi connectivity index (χ4n) is 7.64. The fourth-order valence-corrected chi connectivity index (χ4v) is 7.64. The zero-order valence-corrected chi connectivity index (χ0v) is 25.0. The maximum atomic E-state index is 3.65. The van der Waals surface area contributed by atoms with Crippen LogP contribution in [0.25, 0.3) is 93.1 Å². The lowest BCUT2D eigenvalue weighted by molar-refractivity contribution is 1.18. The van der Waals surface area contributed by atoms with Gasteiger partial charge in [0, 0.05) is 38.3 Å². The Morgan fingerprint density at radius 2 is 0.957 bits per heavy atom. The number of benzene rings is 8. The van der Waals surface area contributed by atoms with Gasteiger partial charge in [-0.2, -0.15) is 0 Å². The van der Waals surface area contributed by atoms with Crippen LogP contribution in [0.2, 0.25) is 0 Å². The Morgan fingerprint density at radius 1 is 0.370 bits per heavy atom. The van der Waals surface area contributed by atoms with Crippen LogP contribution in [-0.4, -0.2) is 9.55 Å². The van der Waals surface area contributed by atoms with E-state index in [2.05, 4.69) is 173 Å². The third-order valence-corrected chi connectivity index (χ3v) is 9.72. The summed E-state index contributed by atoms with van der Waals surface area (Å²) in [4.78, 5) is 3.65. The molecule has 2 aromatic heterocycles. The number of nitrogens with zero attached hydrogens (tertiary/aromatic N) is 1. The first-order chi connectivity index (χ1) is 22.8. The van der Waals surface area contributed by atoms with Crippen molar-refractivity contribution in [1.29, 1.82) is 0 Å². The van der Waals surface area contributed by atoms with Crippen LogP contribution in [-0.2, 0) is 0 Å². The van der Waals surface area contributed by atoms with E-state index >= 15 is 0 Å². The highest BCUT2D eigenvalue weighted by molar-refractivity contribution is 6.21. The van der Waals surface area contributed by atoms with Crippen LogP contribution >= 0.6 is 0 Å². The van der Waals surface area contributed by atoms with E-state index in [4.69, 9.17) is 0 Å². The SMILES string of the molecule is c1ccc(-n2c3ccccc3c3cc(-c4ccc(-c5ccc6[nH]c7ccc8ccccc8c7c6c5)c5ccccc45)ccc32)cc1. The Hall–Kier alpha value is -6.12. The van der Waals surface area contributed by atoms with E-state index < -0.39 is 0 Å². The molecule has 0 aliphatic heterocycles. The molecule has 8 aromatic carbocycles. The smallest absolute Gasteiger partial charge is 0.0541 e. The highest BCUT2D eigenvalue weighted by atomic mass is 15.0. The largest absolute Gasteiger partial charge is 0.354 e. The first-order valence-electron chi connectivity index (χ1n) is 15.9. The number of para-hydroxylation sites is 2.